The van der Waals surface area contributed by atoms with Crippen molar-refractivity contribution in [3.05, 3.63) is 11.9 Å². The summed E-state index contributed by atoms with van der Waals surface area (Å²) in [6, 6.07) is 1.49. The minimum absolute atomic E-state index is 0.113. The smallest absolute Gasteiger partial charge is 0.272 e. The van der Waals surface area contributed by atoms with Crippen LogP contribution in [0.3, 0.4) is 0 Å². The quantitative estimate of drug-likeness (QED) is 0.844. The van der Waals surface area contributed by atoms with Crippen molar-refractivity contribution >= 4 is 5.82 Å². The lowest BCUT2D eigenvalue weighted by Gasteiger charge is -2.10. The molecule has 1 rings (SSSR count). The lowest BCUT2D eigenvalue weighted by molar-refractivity contribution is 0.0794. The normalized spacial score (nSPS) is 10.9. The highest BCUT2D eigenvalue weighted by molar-refractivity contribution is 5.38. The maximum Gasteiger partial charge on any atom is 0.272 e. The fraction of sp³-hybridized carbons (Fsp3) is 0.600. The number of aromatic nitrogens is 2. The highest BCUT2D eigenvalue weighted by Gasteiger charge is 2.10. The third kappa shape index (κ3) is 3.60. The Morgan fingerprint density at radius 2 is 2.06 bits per heavy atom. The van der Waals surface area contributed by atoms with E-state index in [0.29, 0.717) is 11.6 Å². The molecule has 1 N–H and O–H groups in total. The predicted octanol–water partition coefficient (Wildman–Crippen LogP) is 2.29. The van der Waals surface area contributed by atoms with Crippen molar-refractivity contribution < 1.29 is 13.5 Å². The topological polar surface area (TPSA) is 47.0 Å². The molecular weight excluding hydrogens is 216 g/mol. The molecule has 0 bridgehead atoms. The molecule has 0 radical (unpaired) electrons. The van der Waals surface area contributed by atoms with Gasteiger partial charge in [-0.05, 0) is 0 Å². The third-order valence-electron chi connectivity index (χ3n) is 1.85. The Hall–Kier alpha value is -1.46. The lowest BCUT2D eigenvalue weighted by Crippen LogP contribution is -2.10. The summed E-state index contributed by atoms with van der Waals surface area (Å²) in [7, 11) is 1.70. The number of nitrogens with one attached hydrogen (secondary N) is 1. The van der Waals surface area contributed by atoms with Gasteiger partial charge in [-0.25, -0.2) is 13.8 Å². The van der Waals surface area contributed by atoms with Crippen molar-refractivity contribution in [1.29, 1.82) is 0 Å². The van der Waals surface area contributed by atoms with Gasteiger partial charge < -0.3 is 10.1 Å². The summed E-state index contributed by atoms with van der Waals surface area (Å²) in [6.45, 7) is 3.19. The summed E-state index contributed by atoms with van der Waals surface area (Å²) in [4.78, 5) is 8.23. The number of nitrogens with zero attached hydrogens (tertiary/aromatic N) is 2. The first kappa shape index (κ1) is 12.6. The number of rotatable bonds is 5. The van der Waals surface area contributed by atoms with Gasteiger partial charge in [0, 0.05) is 19.0 Å². The molecule has 90 valence electrons. The Kier molecular flexibility index (Phi) is 4.39. The van der Waals surface area contributed by atoms with Crippen LogP contribution >= 0.6 is 0 Å². The second-order valence-corrected chi connectivity index (χ2v) is 3.56. The Balaban J connectivity index is 2.86. The summed E-state index contributed by atoms with van der Waals surface area (Å²) in [5.74, 6) is 1.41. The molecule has 16 heavy (non-hydrogen) atoms. The number of hydrogen-bond donors (Lipinski definition) is 1. The number of anilines is 1. The summed E-state index contributed by atoms with van der Waals surface area (Å²) in [5.41, 5.74) is 0. The molecular formula is C10H15F2N3O. The molecule has 0 unspecified atom stereocenters. The van der Waals surface area contributed by atoms with Crippen molar-refractivity contribution in [2.45, 2.75) is 26.2 Å². The molecule has 0 aromatic carbocycles. The maximum absolute atomic E-state index is 12.0. The van der Waals surface area contributed by atoms with Crippen LogP contribution in [0, 0.1) is 0 Å². The highest BCUT2D eigenvalue weighted by atomic mass is 19.3. The Bertz CT molecular complexity index is 345. The largest absolute Gasteiger partial charge is 0.471 e. The van der Waals surface area contributed by atoms with Crippen LogP contribution in [0.2, 0.25) is 0 Å². The molecule has 0 fully saturated rings. The first-order chi connectivity index (χ1) is 7.52. The van der Waals surface area contributed by atoms with Crippen molar-refractivity contribution in [3.8, 4) is 5.88 Å². The molecule has 0 aliphatic rings. The summed E-state index contributed by atoms with van der Waals surface area (Å²) in [6.07, 6.45) is -2.50. The Labute approximate surface area is 93.1 Å². The van der Waals surface area contributed by atoms with Crippen molar-refractivity contribution in [2.24, 2.45) is 0 Å². The Morgan fingerprint density at radius 1 is 1.38 bits per heavy atom. The molecule has 1 aromatic rings. The summed E-state index contributed by atoms with van der Waals surface area (Å²) >= 11 is 0. The van der Waals surface area contributed by atoms with Crippen molar-refractivity contribution in [1.82, 2.24) is 9.97 Å². The molecule has 0 aliphatic heterocycles. The van der Waals surface area contributed by atoms with Crippen LogP contribution in [0.5, 0.6) is 5.88 Å². The molecule has 6 heteroatoms. The van der Waals surface area contributed by atoms with E-state index in [9.17, 15) is 8.78 Å². The van der Waals surface area contributed by atoms with Crippen LogP contribution in [0.25, 0.3) is 0 Å². The number of alkyl halides is 2. The van der Waals surface area contributed by atoms with E-state index in [1.807, 2.05) is 13.8 Å². The monoisotopic (exact) mass is 231 g/mol. The molecule has 4 nitrogen and oxygen atoms in total. The second kappa shape index (κ2) is 5.58. The maximum atomic E-state index is 12.0. The van der Waals surface area contributed by atoms with E-state index >= 15 is 0 Å². The van der Waals surface area contributed by atoms with Crippen LogP contribution in [0.1, 0.15) is 25.6 Å². The van der Waals surface area contributed by atoms with E-state index in [1.165, 1.54) is 6.07 Å². The summed E-state index contributed by atoms with van der Waals surface area (Å²) < 4.78 is 28.8. The highest BCUT2D eigenvalue weighted by Crippen LogP contribution is 2.18. The van der Waals surface area contributed by atoms with Crippen molar-refractivity contribution in [2.75, 3.05) is 19.0 Å². The van der Waals surface area contributed by atoms with Gasteiger partial charge in [0.05, 0.1) is 0 Å². The van der Waals surface area contributed by atoms with E-state index in [4.69, 9.17) is 4.74 Å². The van der Waals surface area contributed by atoms with Gasteiger partial charge in [0.15, 0.2) is 6.61 Å². The fourth-order valence-electron chi connectivity index (χ4n) is 1.05. The molecule has 1 aromatic heterocycles. The van der Waals surface area contributed by atoms with Crippen LogP contribution in [-0.2, 0) is 0 Å². The van der Waals surface area contributed by atoms with Crippen molar-refractivity contribution in [3.63, 3.8) is 0 Å². The van der Waals surface area contributed by atoms with Gasteiger partial charge in [0.2, 0.25) is 5.88 Å². The first-order valence-corrected chi connectivity index (χ1v) is 5.00. The molecule has 0 spiro atoms. The number of ether oxygens (including phenoxy) is 1. The minimum atomic E-state index is -2.50. The zero-order valence-electron chi connectivity index (χ0n) is 9.50. The van der Waals surface area contributed by atoms with Gasteiger partial charge in [-0.2, -0.15) is 4.98 Å². The molecule has 0 aliphatic carbocycles. The van der Waals surface area contributed by atoms with Crippen LogP contribution in [0.4, 0.5) is 14.6 Å². The van der Waals surface area contributed by atoms with Gasteiger partial charge in [-0.3, -0.25) is 0 Å². The average molecular weight is 231 g/mol. The molecule has 0 saturated heterocycles. The fourth-order valence-corrected chi connectivity index (χ4v) is 1.05. The zero-order valence-corrected chi connectivity index (χ0v) is 9.50. The van der Waals surface area contributed by atoms with E-state index in [1.54, 1.807) is 7.05 Å². The predicted molar refractivity (Wildman–Crippen MR) is 57.2 cm³/mol. The molecule has 0 saturated carbocycles. The van der Waals surface area contributed by atoms with E-state index in [2.05, 4.69) is 15.3 Å². The van der Waals surface area contributed by atoms with E-state index in [0.717, 1.165) is 0 Å². The molecule has 0 amide bonds. The van der Waals surface area contributed by atoms with Crippen LogP contribution in [-0.4, -0.2) is 30.0 Å². The standard InChI is InChI=1S/C10H15F2N3O/c1-6(2)10-14-8(13-3)4-9(15-10)16-5-7(11)12/h4,6-7H,5H2,1-3H3,(H,13,14,15). The second-order valence-electron chi connectivity index (χ2n) is 3.56. The SMILES string of the molecule is CNc1cc(OCC(F)F)nc(C(C)C)n1. The molecule has 0 atom stereocenters. The van der Waals surface area contributed by atoms with Crippen LogP contribution in [0.15, 0.2) is 6.07 Å². The van der Waals surface area contributed by atoms with Gasteiger partial charge >= 0.3 is 0 Å². The van der Waals surface area contributed by atoms with Gasteiger partial charge in [0.25, 0.3) is 6.43 Å². The zero-order chi connectivity index (χ0) is 12.1. The lowest BCUT2D eigenvalue weighted by atomic mass is 10.2. The third-order valence-corrected chi connectivity index (χ3v) is 1.85. The minimum Gasteiger partial charge on any atom is -0.471 e. The Morgan fingerprint density at radius 3 is 2.56 bits per heavy atom. The van der Waals surface area contributed by atoms with Crippen LogP contribution < -0.4 is 10.1 Å². The number of halogens is 2. The van der Waals surface area contributed by atoms with E-state index < -0.39 is 13.0 Å². The number of hydrogen-bond acceptors (Lipinski definition) is 4. The first-order valence-electron chi connectivity index (χ1n) is 5.00. The van der Waals surface area contributed by atoms with Gasteiger partial charge in [-0.15, -0.1) is 0 Å². The van der Waals surface area contributed by atoms with E-state index in [-0.39, 0.29) is 11.8 Å². The average Bonchev–Trinajstić information content (AvgIpc) is 2.25. The summed E-state index contributed by atoms with van der Waals surface area (Å²) in [5, 5.41) is 2.83. The molecule has 1 heterocycles. The van der Waals surface area contributed by atoms with Gasteiger partial charge in [-0.1, -0.05) is 13.8 Å². The van der Waals surface area contributed by atoms with Gasteiger partial charge in [0.1, 0.15) is 11.6 Å².